The molecule has 0 atom stereocenters. The number of fused-ring (bicyclic) bond motifs is 1. The van der Waals surface area contributed by atoms with Crippen molar-refractivity contribution in [1.29, 1.82) is 0 Å². The lowest BCUT2D eigenvalue weighted by Crippen LogP contribution is -2.05. The summed E-state index contributed by atoms with van der Waals surface area (Å²) in [6.07, 6.45) is 1.97. The summed E-state index contributed by atoms with van der Waals surface area (Å²) in [7, 11) is 0. The minimum atomic E-state index is 0.513. The molecule has 1 aromatic heterocycles. The SMILES string of the molecule is Cc1ccn(-c2cc3ccccc3cc2CN)n1. The Morgan fingerprint density at radius 1 is 1.11 bits per heavy atom. The van der Waals surface area contributed by atoms with Crippen molar-refractivity contribution in [2.24, 2.45) is 5.73 Å². The molecule has 0 saturated carbocycles. The normalized spacial score (nSPS) is 11.0. The van der Waals surface area contributed by atoms with Crippen LogP contribution in [-0.2, 0) is 6.54 Å². The van der Waals surface area contributed by atoms with Crippen molar-refractivity contribution >= 4 is 10.8 Å². The summed E-state index contributed by atoms with van der Waals surface area (Å²) in [6.45, 7) is 2.50. The van der Waals surface area contributed by atoms with E-state index in [1.807, 2.05) is 36.0 Å². The molecule has 18 heavy (non-hydrogen) atoms. The van der Waals surface area contributed by atoms with Crippen LogP contribution in [0.4, 0.5) is 0 Å². The zero-order valence-electron chi connectivity index (χ0n) is 10.3. The van der Waals surface area contributed by atoms with Gasteiger partial charge in [0.15, 0.2) is 0 Å². The lowest BCUT2D eigenvalue weighted by molar-refractivity contribution is 0.846. The average Bonchev–Trinajstić information content (AvgIpc) is 2.83. The Balaban J connectivity index is 2.26. The second-order valence-electron chi connectivity index (χ2n) is 4.43. The first-order valence-electron chi connectivity index (χ1n) is 6.02. The van der Waals surface area contributed by atoms with Gasteiger partial charge in [0.2, 0.25) is 0 Å². The summed E-state index contributed by atoms with van der Waals surface area (Å²) < 4.78 is 1.89. The molecule has 0 fully saturated rings. The van der Waals surface area contributed by atoms with Gasteiger partial charge in [-0.25, -0.2) is 4.68 Å². The van der Waals surface area contributed by atoms with E-state index < -0.39 is 0 Å². The highest BCUT2D eigenvalue weighted by Gasteiger charge is 2.06. The van der Waals surface area contributed by atoms with E-state index in [1.54, 1.807) is 0 Å². The van der Waals surface area contributed by atoms with E-state index in [0.29, 0.717) is 6.54 Å². The van der Waals surface area contributed by atoms with Crippen molar-refractivity contribution in [2.75, 3.05) is 0 Å². The van der Waals surface area contributed by atoms with Crippen molar-refractivity contribution < 1.29 is 0 Å². The monoisotopic (exact) mass is 237 g/mol. The molecule has 1 heterocycles. The molecule has 0 spiro atoms. The van der Waals surface area contributed by atoms with Crippen molar-refractivity contribution in [3.63, 3.8) is 0 Å². The molecule has 3 rings (SSSR count). The van der Waals surface area contributed by atoms with Gasteiger partial charge in [-0.2, -0.15) is 5.10 Å². The molecule has 0 unspecified atom stereocenters. The standard InChI is InChI=1S/C15H15N3/c1-11-6-7-18(17-11)15-9-13-5-3-2-4-12(13)8-14(15)10-16/h2-9H,10,16H2,1H3. The van der Waals surface area contributed by atoms with E-state index in [2.05, 4.69) is 29.4 Å². The largest absolute Gasteiger partial charge is 0.326 e. The number of benzene rings is 2. The fraction of sp³-hybridized carbons (Fsp3) is 0.133. The molecule has 0 radical (unpaired) electrons. The maximum Gasteiger partial charge on any atom is 0.0696 e. The van der Waals surface area contributed by atoms with Gasteiger partial charge in [-0.1, -0.05) is 24.3 Å². The smallest absolute Gasteiger partial charge is 0.0696 e. The van der Waals surface area contributed by atoms with Crippen LogP contribution in [0.15, 0.2) is 48.7 Å². The lowest BCUT2D eigenvalue weighted by Gasteiger charge is -2.10. The number of nitrogens with zero attached hydrogens (tertiary/aromatic N) is 2. The van der Waals surface area contributed by atoms with Gasteiger partial charge in [-0.05, 0) is 41.5 Å². The summed E-state index contributed by atoms with van der Waals surface area (Å²) in [4.78, 5) is 0. The van der Waals surface area contributed by atoms with Crippen LogP contribution in [0.1, 0.15) is 11.3 Å². The van der Waals surface area contributed by atoms with Crippen molar-refractivity contribution in [1.82, 2.24) is 9.78 Å². The number of aryl methyl sites for hydroxylation is 1. The Labute approximate surface area is 106 Å². The van der Waals surface area contributed by atoms with Crippen LogP contribution in [0.3, 0.4) is 0 Å². The van der Waals surface area contributed by atoms with Crippen molar-refractivity contribution in [3.8, 4) is 5.69 Å². The molecular weight excluding hydrogens is 222 g/mol. The van der Waals surface area contributed by atoms with Crippen LogP contribution in [0.2, 0.25) is 0 Å². The topological polar surface area (TPSA) is 43.8 Å². The molecule has 90 valence electrons. The molecule has 0 aliphatic rings. The highest BCUT2D eigenvalue weighted by Crippen LogP contribution is 2.22. The predicted molar refractivity (Wildman–Crippen MR) is 73.7 cm³/mol. The Morgan fingerprint density at radius 3 is 2.44 bits per heavy atom. The fourth-order valence-corrected chi connectivity index (χ4v) is 2.20. The molecule has 3 nitrogen and oxygen atoms in total. The quantitative estimate of drug-likeness (QED) is 0.744. The third-order valence-electron chi connectivity index (χ3n) is 3.14. The number of aromatic nitrogens is 2. The van der Waals surface area contributed by atoms with Crippen LogP contribution in [0, 0.1) is 6.92 Å². The van der Waals surface area contributed by atoms with Crippen molar-refractivity contribution in [2.45, 2.75) is 13.5 Å². The number of rotatable bonds is 2. The molecule has 0 aliphatic carbocycles. The van der Waals surface area contributed by atoms with Crippen LogP contribution in [0.5, 0.6) is 0 Å². The number of nitrogens with two attached hydrogens (primary N) is 1. The van der Waals surface area contributed by atoms with Crippen LogP contribution < -0.4 is 5.73 Å². The van der Waals surface area contributed by atoms with E-state index in [-0.39, 0.29) is 0 Å². The van der Waals surface area contributed by atoms with Gasteiger partial charge >= 0.3 is 0 Å². The molecule has 0 bridgehead atoms. The molecular formula is C15H15N3. The summed E-state index contributed by atoms with van der Waals surface area (Å²) >= 11 is 0. The second-order valence-corrected chi connectivity index (χ2v) is 4.43. The molecule has 2 N–H and O–H groups in total. The van der Waals surface area contributed by atoms with Crippen LogP contribution in [-0.4, -0.2) is 9.78 Å². The lowest BCUT2D eigenvalue weighted by atomic mass is 10.0. The Hall–Kier alpha value is -2.13. The average molecular weight is 237 g/mol. The van der Waals surface area contributed by atoms with E-state index in [0.717, 1.165) is 16.9 Å². The van der Waals surface area contributed by atoms with Crippen LogP contribution in [0.25, 0.3) is 16.5 Å². The summed E-state index contributed by atoms with van der Waals surface area (Å²) in [5.41, 5.74) is 9.02. The zero-order valence-corrected chi connectivity index (χ0v) is 10.3. The fourth-order valence-electron chi connectivity index (χ4n) is 2.20. The van der Waals surface area contributed by atoms with Crippen molar-refractivity contribution in [3.05, 3.63) is 59.9 Å². The van der Waals surface area contributed by atoms with E-state index >= 15 is 0 Å². The Bertz CT molecular complexity index is 698. The predicted octanol–water partition coefficient (Wildman–Crippen LogP) is 2.79. The molecule has 3 heteroatoms. The van der Waals surface area contributed by atoms with Gasteiger partial charge in [0.05, 0.1) is 11.4 Å². The second kappa shape index (κ2) is 4.27. The third-order valence-corrected chi connectivity index (χ3v) is 3.14. The highest BCUT2D eigenvalue weighted by atomic mass is 15.3. The first kappa shape index (κ1) is 11.0. The molecule has 0 amide bonds. The maximum atomic E-state index is 5.84. The first-order chi connectivity index (χ1) is 8.78. The van der Waals surface area contributed by atoms with Gasteiger partial charge in [-0.3, -0.25) is 0 Å². The van der Waals surface area contributed by atoms with Gasteiger partial charge in [0.25, 0.3) is 0 Å². The van der Waals surface area contributed by atoms with E-state index in [9.17, 15) is 0 Å². The molecule has 0 aliphatic heterocycles. The summed E-state index contributed by atoms with van der Waals surface area (Å²) in [6, 6.07) is 14.6. The Morgan fingerprint density at radius 2 is 1.83 bits per heavy atom. The highest BCUT2D eigenvalue weighted by molar-refractivity contribution is 5.85. The van der Waals surface area contributed by atoms with Gasteiger partial charge in [0.1, 0.15) is 0 Å². The van der Waals surface area contributed by atoms with Gasteiger partial charge < -0.3 is 5.73 Å². The first-order valence-corrected chi connectivity index (χ1v) is 6.02. The van der Waals surface area contributed by atoms with Crippen LogP contribution >= 0.6 is 0 Å². The molecule has 2 aromatic carbocycles. The zero-order chi connectivity index (χ0) is 12.5. The minimum absolute atomic E-state index is 0.513. The Kier molecular flexibility index (Phi) is 2.61. The maximum absolute atomic E-state index is 5.84. The van der Waals surface area contributed by atoms with Gasteiger partial charge in [0, 0.05) is 12.7 Å². The molecule has 3 aromatic rings. The van der Waals surface area contributed by atoms with E-state index in [4.69, 9.17) is 5.73 Å². The van der Waals surface area contributed by atoms with E-state index in [1.165, 1.54) is 10.8 Å². The minimum Gasteiger partial charge on any atom is -0.326 e. The molecule has 0 saturated heterocycles. The number of hydrogen-bond donors (Lipinski definition) is 1. The summed E-state index contributed by atoms with van der Waals surface area (Å²) in [5, 5.41) is 6.88. The van der Waals surface area contributed by atoms with Gasteiger partial charge in [-0.15, -0.1) is 0 Å². The number of hydrogen-bond acceptors (Lipinski definition) is 2. The third kappa shape index (κ3) is 1.79. The summed E-state index contributed by atoms with van der Waals surface area (Å²) in [5.74, 6) is 0.